The van der Waals surface area contributed by atoms with Crippen LogP contribution in [0.2, 0.25) is 0 Å². The first-order valence-corrected chi connectivity index (χ1v) is 4.32. The molecule has 0 unspecified atom stereocenters. The topological polar surface area (TPSA) is 131 Å². The minimum absolute atomic E-state index is 0.194. The van der Waals surface area contributed by atoms with Crippen molar-refractivity contribution in [1.29, 1.82) is 0 Å². The van der Waals surface area contributed by atoms with E-state index >= 15 is 0 Å². The molecule has 0 spiro atoms. The summed E-state index contributed by atoms with van der Waals surface area (Å²) in [6.45, 7) is 2.80. The van der Waals surface area contributed by atoms with Crippen molar-refractivity contribution >= 4 is 0 Å². The number of nitrogens with two attached hydrogens (primary N) is 3. The van der Waals surface area contributed by atoms with Gasteiger partial charge in [0.2, 0.25) is 0 Å². The number of aliphatic hydroxyl groups is 2. The second-order valence-electron chi connectivity index (χ2n) is 2.39. The van der Waals surface area contributed by atoms with E-state index in [9.17, 15) is 0 Å². The molecule has 0 saturated carbocycles. The highest BCUT2D eigenvalue weighted by Crippen LogP contribution is 1.66. The van der Waals surface area contributed by atoms with Crippen LogP contribution in [0, 0.1) is 0 Å². The Morgan fingerprint density at radius 3 is 1.85 bits per heavy atom. The van der Waals surface area contributed by atoms with Crippen LogP contribution in [0.5, 0.6) is 0 Å². The molecule has 13 heavy (non-hydrogen) atoms. The molecule has 0 atom stereocenters. The molecular formula is C7H22N4O2. The highest BCUT2D eigenvalue weighted by atomic mass is 16.3. The van der Waals surface area contributed by atoms with Gasteiger partial charge in [-0.25, -0.2) is 0 Å². The predicted octanol–water partition coefficient (Wildman–Crippen LogP) is -3.21. The molecule has 0 amide bonds. The van der Waals surface area contributed by atoms with E-state index in [1.165, 1.54) is 0 Å². The van der Waals surface area contributed by atoms with Crippen molar-refractivity contribution in [3.63, 3.8) is 0 Å². The maximum Gasteiger partial charge on any atom is 0.0784 e. The maximum absolute atomic E-state index is 8.42. The van der Waals surface area contributed by atoms with Gasteiger partial charge < -0.3 is 32.7 Å². The average molecular weight is 194 g/mol. The van der Waals surface area contributed by atoms with Crippen LogP contribution in [0.15, 0.2) is 0 Å². The van der Waals surface area contributed by atoms with Gasteiger partial charge in [-0.3, -0.25) is 0 Å². The fourth-order valence-electron chi connectivity index (χ4n) is 0.402. The Bertz CT molecular complexity index is 76.9. The van der Waals surface area contributed by atoms with Crippen LogP contribution in [0.3, 0.4) is 0 Å². The van der Waals surface area contributed by atoms with Crippen LogP contribution in [0.25, 0.3) is 0 Å². The first kappa shape index (κ1) is 15.2. The molecule has 9 N–H and O–H groups in total. The minimum Gasteiger partial charge on any atom is -0.395 e. The van der Waals surface area contributed by atoms with Crippen molar-refractivity contribution in [3.05, 3.63) is 0 Å². The summed E-state index contributed by atoms with van der Waals surface area (Å²) in [7, 11) is 0. The molecule has 0 aliphatic heterocycles. The van der Waals surface area contributed by atoms with Gasteiger partial charge >= 0.3 is 0 Å². The molecule has 0 heterocycles. The molecule has 0 aromatic carbocycles. The van der Waals surface area contributed by atoms with Crippen LogP contribution in [0.1, 0.15) is 0 Å². The summed E-state index contributed by atoms with van der Waals surface area (Å²) in [6.07, 6.45) is -0.509. The normalized spacial score (nSPS) is 9.69. The molecule has 0 aromatic rings. The lowest BCUT2D eigenvalue weighted by Crippen LogP contribution is -2.27. The summed E-state index contributed by atoms with van der Waals surface area (Å²) in [5.74, 6) is 0. The summed E-state index contributed by atoms with van der Waals surface area (Å²) in [5, 5.41) is 19.5. The molecule has 0 aliphatic carbocycles. The van der Waals surface area contributed by atoms with Crippen molar-refractivity contribution < 1.29 is 10.2 Å². The predicted molar refractivity (Wildman–Crippen MR) is 53.1 cm³/mol. The number of hydrogen-bond donors (Lipinski definition) is 6. The van der Waals surface area contributed by atoms with E-state index in [-0.39, 0.29) is 19.7 Å². The fourth-order valence-corrected chi connectivity index (χ4v) is 0.402. The third-order valence-electron chi connectivity index (χ3n) is 1.15. The smallest absolute Gasteiger partial charge is 0.0784 e. The highest BCUT2D eigenvalue weighted by molar-refractivity contribution is 4.52. The standard InChI is InChI=1S/C4H12N2O.C3H10N2O/c5-1-2-6-3-4-7;4-1-3(6)2-5/h6-7H,1-5H2;3,6H,1-2,4-5H2. The van der Waals surface area contributed by atoms with Gasteiger partial charge in [0.25, 0.3) is 0 Å². The lowest BCUT2D eigenvalue weighted by Gasteiger charge is -1.98. The molecule has 0 fully saturated rings. The van der Waals surface area contributed by atoms with E-state index in [1.54, 1.807) is 0 Å². The SMILES string of the molecule is NCC(O)CN.NCCNCCO. The van der Waals surface area contributed by atoms with Gasteiger partial charge in [-0.2, -0.15) is 0 Å². The molecule has 82 valence electrons. The Morgan fingerprint density at radius 2 is 1.62 bits per heavy atom. The third-order valence-corrected chi connectivity index (χ3v) is 1.15. The number of rotatable bonds is 6. The zero-order valence-corrected chi connectivity index (χ0v) is 7.95. The van der Waals surface area contributed by atoms with Crippen molar-refractivity contribution in [2.45, 2.75) is 6.10 Å². The average Bonchev–Trinajstić information content (AvgIpc) is 2.18. The molecule has 6 nitrogen and oxygen atoms in total. The van der Waals surface area contributed by atoms with E-state index in [1.807, 2.05) is 0 Å². The van der Waals surface area contributed by atoms with E-state index in [0.717, 1.165) is 6.54 Å². The van der Waals surface area contributed by atoms with Gasteiger partial charge in [0.1, 0.15) is 0 Å². The van der Waals surface area contributed by atoms with Gasteiger partial charge in [-0.15, -0.1) is 0 Å². The first-order valence-electron chi connectivity index (χ1n) is 4.32. The van der Waals surface area contributed by atoms with Gasteiger partial charge in [-0.05, 0) is 0 Å². The maximum atomic E-state index is 8.42. The number of aliphatic hydroxyl groups excluding tert-OH is 2. The Morgan fingerprint density at radius 1 is 1.08 bits per heavy atom. The summed E-state index contributed by atoms with van der Waals surface area (Å²) < 4.78 is 0. The first-order chi connectivity index (χ1) is 6.22. The molecule has 0 saturated heterocycles. The van der Waals surface area contributed by atoms with Crippen LogP contribution in [-0.4, -0.2) is 55.6 Å². The second-order valence-corrected chi connectivity index (χ2v) is 2.39. The van der Waals surface area contributed by atoms with Crippen LogP contribution in [-0.2, 0) is 0 Å². The van der Waals surface area contributed by atoms with Crippen LogP contribution in [0.4, 0.5) is 0 Å². The van der Waals surface area contributed by atoms with E-state index in [2.05, 4.69) is 5.32 Å². The molecule has 0 bridgehead atoms. The molecular weight excluding hydrogens is 172 g/mol. The second kappa shape index (κ2) is 14.3. The summed E-state index contributed by atoms with van der Waals surface area (Å²) in [5.41, 5.74) is 15.0. The monoisotopic (exact) mass is 194 g/mol. The largest absolute Gasteiger partial charge is 0.395 e. The van der Waals surface area contributed by atoms with E-state index in [0.29, 0.717) is 13.1 Å². The Labute approximate surface area is 79.1 Å². The lowest BCUT2D eigenvalue weighted by molar-refractivity contribution is 0.191. The molecule has 0 aromatic heterocycles. The van der Waals surface area contributed by atoms with Gasteiger partial charge in [0.05, 0.1) is 12.7 Å². The van der Waals surface area contributed by atoms with Crippen molar-refractivity contribution in [1.82, 2.24) is 5.32 Å². The Balaban J connectivity index is 0. The summed E-state index contributed by atoms with van der Waals surface area (Å²) >= 11 is 0. The van der Waals surface area contributed by atoms with Crippen LogP contribution >= 0.6 is 0 Å². The molecule has 0 aliphatic rings. The quantitative estimate of drug-likeness (QED) is 0.247. The van der Waals surface area contributed by atoms with Crippen LogP contribution < -0.4 is 22.5 Å². The highest BCUT2D eigenvalue weighted by Gasteiger charge is 1.91. The van der Waals surface area contributed by atoms with Crippen molar-refractivity contribution in [3.8, 4) is 0 Å². The van der Waals surface area contributed by atoms with Gasteiger partial charge in [0, 0.05) is 32.7 Å². The Kier molecular flexibility index (Phi) is 16.8. The number of hydrogen-bond acceptors (Lipinski definition) is 6. The zero-order valence-electron chi connectivity index (χ0n) is 7.95. The molecule has 0 radical (unpaired) electrons. The van der Waals surface area contributed by atoms with Gasteiger partial charge in [-0.1, -0.05) is 0 Å². The van der Waals surface area contributed by atoms with Crippen molar-refractivity contribution in [2.75, 3.05) is 39.3 Å². The molecule has 0 rings (SSSR count). The summed E-state index contributed by atoms with van der Waals surface area (Å²) in [4.78, 5) is 0. The van der Waals surface area contributed by atoms with E-state index < -0.39 is 6.10 Å². The van der Waals surface area contributed by atoms with Gasteiger partial charge in [0.15, 0.2) is 0 Å². The molecule has 6 heteroatoms. The summed E-state index contributed by atoms with van der Waals surface area (Å²) in [6, 6.07) is 0. The zero-order chi connectivity index (χ0) is 10.5. The Hall–Kier alpha value is -0.240. The fraction of sp³-hybridized carbons (Fsp3) is 1.00. The number of nitrogens with one attached hydrogen (secondary N) is 1. The van der Waals surface area contributed by atoms with Crippen molar-refractivity contribution in [2.24, 2.45) is 17.2 Å². The van der Waals surface area contributed by atoms with E-state index in [4.69, 9.17) is 27.4 Å². The minimum atomic E-state index is -0.509. The lowest BCUT2D eigenvalue weighted by atomic mass is 10.4. The third kappa shape index (κ3) is 18.6.